The van der Waals surface area contributed by atoms with E-state index in [0.717, 1.165) is 18.6 Å². The van der Waals surface area contributed by atoms with Gasteiger partial charge in [-0.15, -0.1) is 0 Å². The minimum absolute atomic E-state index is 0.00559. The Bertz CT molecular complexity index is 973. The maximum atomic E-state index is 13.4. The second-order valence-corrected chi connectivity index (χ2v) is 8.58. The second kappa shape index (κ2) is 8.42. The van der Waals surface area contributed by atoms with Gasteiger partial charge in [0.05, 0.1) is 11.1 Å². The van der Waals surface area contributed by atoms with Crippen LogP contribution in [0.1, 0.15) is 44.5 Å². The lowest BCUT2D eigenvalue weighted by molar-refractivity contribution is -0.127. The van der Waals surface area contributed by atoms with E-state index >= 15 is 0 Å². The quantitative estimate of drug-likeness (QED) is 0.745. The first kappa shape index (κ1) is 21.7. The molecule has 1 N–H and O–H groups in total. The van der Waals surface area contributed by atoms with E-state index in [2.05, 4.69) is 19.2 Å². The molecule has 0 aliphatic carbocycles. The molecule has 1 heterocycles. The number of anilines is 2. The summed E-state index contributed by atoms with van der Waals surface area (Å²) in [5.41, 5.74) is 0.308. The number of fused-ring (bicyclic) bond motifs is 1. The topological polar surface area (TPSA) is 58.6 Å². The zero-order chi connectivity index (χ0) is 22.1. The van der Waals surface area contributed by atoms with Crippen molar-refractivity contribution in [1.29, 1.82) is 0 Å². The van der Waals surface area contributed by atoms with E-state index in [4.69, 9.17) is 4.74 Å². The predicted octanol–water partition coefficient (Wildman–Crippen LogP) is 5.01. The zero-order valence-electron chi connectivity index (χ0n) is 17.6. The third kappa shape index (κ3) is 4.61. The van der Waals surface area contributed by atoms with E-state index in [1.165, 1.54) is 6.07 Å². The van der Waals surface area contributed by atoms with Crippen LogP contribution >= 0.6 is 0 Å². The molecule has 0 unspecified atom stereocenters. The van der Waals surface area contributed by atoms with Gasteiger partial charge in [0.2, 0.25) is 5.91 Å². The van der Waals surface area contributed by atoms with Crippen molar-refractivity contribution in [3.05, 3.63) is 53.6 Å². The van der Waals surface area contributed by atoms with Gasteiger partial charge in [-0.3, -0.25) is 9.59 Å². The Labute approximate surface area is 175 Å². The van der Waals surface area contributed by atoms with Crippen LogP contribution in [-0.2, 0) is 4.79 Å². The molecule has 3 rings (SSSR count). The summed E-state index contributed by atoms with van der Waals surface area (Å²) in [4.78, 5) is 27.3. The van der Waals surface area contributed by atoms with Gasteiger partial charge in [-0.1, -0.05) is 13.8 Å². The number of carbonyl (C=O) groups excluding carboxylic acids is 2. The number of rotatable bonds is 5. The molecule has 0 fully saturated rings. The molecule has 2 aromatic carbocycles. The van der Waals surface area contributed by atoms with E-state index in [1.54, 1.807) is 23.1 Å². The Balaban J connectivity index is 1.91. The van der Waals surface area contributed by atoms with Gasteiger partial charge in [-0.2, -0.15) is 0 Å². The van der Waals surface area contributed by atoms with Crippen LogP contribution in [0, 0.1) is 23.0 Å². The summed E-state index contributed by atoms with van der Waals surface area (Å²) >= 11 is 0. The molecular formula is C23H26F2N2O3. The van der Waals surface area contributed by atoms with Gasteiger partial charge < -0.3 is 15.0 Å². The monoisotopic (exact) mass is 416 g/mol. The molecule has 0 saturated heterocycles. The molecule has 1 aliphatic heterocycles. The highest BCUT2D eigenvalue weighted by molar-refractivity contribution is 6.05. The Hall–Kier alpha value is -2.96. The fourth-order valence-corrected chi connectivity index (χ4v) is 3.17. The van der Waals surface area contributed by atoms with Crippen LogP contribution in [0.2, 0.25) is 0 Å². The highest BCUT2D eigenvalue weighted by Crippen LogP contribution is 2.38. The first-order valence-corrected chi connectivity index (χ1v) is 9.94. The number of carbonyl (C=O) groups is 2. The summed E-state index contributed by atoms with van der Waals surface area (Å²) in [6.45, 7) is 8.63. The molecule has 0 radical (unpaired) electrons. The second-order valence-electron chi connectivity index (χ2n) is 8.58. The van der Waals surface area contributed by atoms with Crippen LogP contribution in [0.5, 0.6) is 5.75 Å². The Morgan fingerprint density at radius 1 is 1.17 bits per heavy atom. The molecular weight excluding hydrogens is 390 g/mol. The van der Waals surface area contributed by atoms with E-state index in [9.17, 15) is 18.4 Å². The first-order chi connectivity index (χ1) is 14.1. The molecule has 0 atom stereocenters. The number of benzene rings is 2. The smallest absolute Gasteiger partial charge is 0.255 e. The predicted molar refractivity (Wildman–Crippen MR) is 112 cm³/mol. The van der Waals surface area contributed by atoms with E-state index < -0.39 is 23.0 Å². The van der Waals surface area contributed by atoms with Crippen molar-refractivity contribution in [3.8, 4) is 5.75 Å². The first-order valence-electron chi connectivity index (χ1n) is 9.94. The number of nitrogens with zero attached hydrogens (tertiary/aromatic N) is 1. The number of hydrogen-bond acceptors (Lipinski definition) is 3. The Morgan fingerprint density at radius 2 is 1.90 bits per heavy atom. The largest absolute Gasteiger partial charge is 0.490 e. The van der Waals surface area contributed by atoms with Crippen LogP contribution < -0.4 is 15.0 Å². The number of hydrogen-bond donors (Lipinski definition) is 1. The summed E-state index contributed by atoms with van der Waals surface area (Å²) in [6, 6.07) is 7.99. The number of halogens is 2. The van der Waals surface area contributed by atoms with Gasteiger partial charge >= 0.3 is 0 Å². The van der Waals surface area contributed by atoms with Crippen LogP contribution in [0.4, 0.5) is 20.2 Å². The summed E-state index contributed by atoms with van der Waals surface area (Å²) in [5.74, 6) is -1.77. The standard InChI is InChI=1S/C23H26F2N2O3/c1-14(2)9-10-27-19-12-16(6-8-20(19)30-13-23(3,4)22(27)29)26-21(28)15-5-7-17(24)18(25)11-15/h5-8,11-12,14H,9-10,13H2,1-4H3,(H,26,28). The van der Waals surface area contributed by atoms with Crippen molar-refractivity contribution in [2.45, 2.75) is 34.1 Å². The van der Waals surface area contributed by atoms with Gasteiger partial charge in [-0.25, -0.2) is 8.78 Å². The molecule has 0 aromatic heterocycles. The van der Waals surface area contributed by atoms with E-state index in [1.807, 2.05) is 13.8 Å². The Kier molecular flexibility index (Phi) is 6.10. The number of nitrogens with one attached hydrogen (secondary N) is 1. The molecule has 0 bridgehead atoms. The minimum atomic E-state index is -1.09. The van der Waals surface area contributed by atoms with Gasteiger partial charge in [-0.05, 0) is 62.6 Å². The van der Waals surface area contributed by atoms with Crippen LogP contribution in [0.25, 0.3) is 0 Å². The highest BCUT2D eigenvalue weighted by atomic mass is 19.2. The van der Waals surface area contributed by atoms with E-state index in [0.29, 0.717) is 29.6 Å². The highest BCUT2D eigenvalue weighted by Gasteiger charge is 2.37. The lowest BCUT2D eigenvalue weighted by atomic mass is 9.92. The van der Waals surface area contributed by atoms with Crippen molar-refractivity contribution in [2.75, 3.05) is 23.4 Å². The molecule has 0 spiro atoms. The molecule has 160 valence electrons. The lowest BCUT2D eigenvalue weighted by Crippen LogP contribution is -2.42. The van der Waals surface area contributed by atoms with Crippen LogP contribution in [0.3, 0.4) is 0 Å². The van der Waals surface area contributed by atoms with Gasteiger partial charge in [0.15, 0.2) is 11.6 Å². The lowest BCUT2D eigenvalue weighted by Gasteiger charge is -2.28. The molecule has 1 aliphatic rings. The summed E-state index contributed by atoms with van der Waals surface area (Å²) in [7, 11) is 0. The van der Waals surface area contributed by atoms with Gasteiger partial charge in [0.25, 0.3) is 5.91 Å². The van der Waals surface area contributed by atoms with Crippen LogP contribution in [0.15, 0.2) is 36.4 Å². The molecule has 2 aromatic rings. The normalized spacial score (nSPS) is 15.4. The molecule has 7 heteroatoms. The fraction of sp³-hybridized carbons (Fsp3) is 0.391. The fourth-order valence-electron chi connectivity index (χ4n) is 3.17. The average molecular weight is 416 g/mol. The minimum Gasteiger partial charge on any atom is -0.490 e. The Morgan fingerprint density at radius 3 is 2.57 bits per heavy atom. The maximum Gasteiger partial charge on any atom is 0.255 e. The van der Waals surface area contributed by atoms with Crippen molar-refractivity contribution < 1.29 is 23.1 Å². The average Bonchev–Trinajstić information content (AvgIpc) is 2.77. The van der Waals surface area contributed by atoms with Crippen molar-refractivity contribution in [2.24, 2.45) is 11.3 Å². The van der Waals surface area contributed by atoms with Gasteiger partial charge in [0, 0.05) is 17.8 Å². The van der Waals surface area contributed by atoms with Crippen LogP contribution in [-0.4, -0.2) is 25.0 Å². The summed E-state index contributed by atoms with van der Waals surface area (Å²) in [6.07, 6.45) is 0.812. The maximum absolute atomic E-state index is 13.4. The third-order valence-electron chi connectivity index (χ3n) is 5.03. The summed E-state index contributed by atoms with van der Waals surface area (Å²) < 4.78 is 32.5. The molecule has 2 amide bonds. The number of ether oxygens (including phenoxy) is 1. The summed E-state index contributed by atoms with van der Waals surface area (Å²) in [5, 5.41) is 2.67. The molecule has 0 saturated carbocycles. The van der Waals surface area contributed by atoms with Crippen molar-refractivity contribution in [3.63, 3.8) is 0 Å². The van der Waals surface area contributed by atoms with Crippen molar-refractivity contribution >= 4 is 23.2 Å². The van der Waals surface area contributed by atoms with Gasteiger partial charge in [0.1, 0.15) is 12.4 Å². The van der Waals surface area contributed by atoms with Crippen molar-refractivity contribution in [1.82, 2.24) is 0 Å². The van der Waals surface area contributed by atoms with E-state index in [-0.39, 0.29) is 18.1 Å². The molecule has 30 heavy (non-hydrogen) atoms. The zero-order valence-corrected chi connectivity index (χ0v) is 17.6. The third-order valence-corrected chi connectivity index (χ3v) is 5.03. The number of amides is 2. The molecule has 5 nitrogen and oxygen atoms in total. The SMILES string of the molecule is CC(C)CCN1C(=O)C(C)(C)COc2ccc(NC(=O)c3ccc(F)c(F)c3)cc21.